The molecule has 0 saturated heterocycles. The molecule has 2 aromatic rings. The molecule has 0 aliphatic rings. The molecular weight excluding hydrogens is 408 g/mol. The summed E-state index contributed by atoms with van der Waals surface area (Å²) in [6, 6.07) is 9.86. The van der Waals surface area contributed by atoms with Crippen LogP contribution in [0.3, 0.4) is 0 Å². The largest absolute Gasteiger partial charge is 0.337 e. The van der Waals surface area contributed by atoms with Crippen molar-refractivity contribution in [3.05, 3.63) is 34.9 Å². The van der Waals surface area contributed by atoms with Crippen molar-refractivity contribution in [3.63, 3.8) is 0 Å². The summed E-state index contributed by atoms with van der Waals surface area (Å²) in [5, 5.41) is 21.0. The van der Waals surface area contributed by atoms with Crippen molar-refractivity contribution >= 4 is 52.4 Å². The van der Waals surface area contributed by atoms with E-state index in [9.17, 15) is 10.1 Å². The van der Waals surface area contributed by atoms with Crippen LogP contribution < -0.4 is 5.32 Å². The Hall–Kier alpha value is -1.27. The van der Waals surface area contributed by atoms with E-state index < -0.39 is 5.54 Å². The third-order valence-electron chi connectivity index (χ3n) is 3.78. The van der Waals surface area contributed by atoms with Crippen LogP contribution in [0.2, 0.25) is 5.02 Å². The van der Waals surface area contributed by atoms with Gasteiger partial charge in [-0.3, -0.25) is 4.79 Å². The Morgan fingerprint density at radius 1 is 1.31 bits per heavy atom. The van der Waals surface area contributed by atoms with Gasteiger partial charge in [-0.25, -0.2) is 0 Å². The number of carbonyl (C=O) groups is 1. The lowest BCUT2D eigenvalue weighted by atomic mass is 9.90. The van der Waals surface area contributed by atoms with Gasteiger partial charge in [0.2, 0.25) is 5.91 Å². The van der Waals surface area contributed by atoms with Gasteiger partial charge in [0.15, 0.2) is 8.68 Å². The Morgan fingerprint density at radius 3 is 2.50 bits per heavy atom. The van der Waals surface area contributed by atoms with Crippen molar-refractivity contribution in [2.45, 2.75) is 40.7 Å². The van der Waals surface area contributed by atoms with Crippen LogP contribution in [0.1, 0.15) is 26.3 Å². The Morgan fingerprint density at radius 2 is 1.92 bits per heavy atom. The highest BCUT2D eigenvalue weighted by Crippen LogP contribution is 2.31. The van der Waals surface area contributed by atoms with Crippen molar-refractivity contribution in [2.75, 3.05) is 5.75 Å². The summed E-state index contributed by atoms with van der Waals surface area (Å²) in [6.45, 7) is 5.55. The van der Waals surface area contributed by atoms with Gasteiger partial charge in [0, 0.05) is 10.8 Å². The molecule has 1 aromatic carbocycles. The van der Waals surface area contributed by atoms with Crippen molar-refractivity contribution in [1.82, 2.24) is 15.5 Å². The molecule has 0 radical (unpaired) electrons. The number of benzene rings is 1. The molecule has 9 heteroatoms. The minimum Gasteiger partial charge on any atom is -0.337 e. The van der Waals surface area contributed by atoms with Gasteiger partial charge in [-0.2, -0.15) is 5.26 Å². The summed E-state index contributed by atoms with van der Waals surface area (Å²) in [5.41, 5.74) is 0.297. The van der Waals surface area contributed by atoms with Crippen LogP contribution in [-0.4, -0.2) is 27.4 Å². The Kier molecular flexibility index (Phi) is 7.77. The van der Waals surface area contributed by atoms with E-state index in [2.05, 4.69) is 21.6 Å². The summed E-state index contributed by atoms with van der Waals surface area (Å²) >= 11 is 10.3. The smallest absolute Gasteiger partial charge is 0.231 e. The second-order valence-corrected chi connectivity index (χ2v) is 9.91. The fourth-order valence-corrected chi connectivity index (χ4v) is 4.70. The van der Waals surface area contributed by atoms with Crippen LogP contribution in [-0.2, 0) is 10.5 Å². The first-order chi connectivity index (χ1) is 12.3. The Labute approximate surface area is 170 Å². The van der Waals surface area contributed by atoms with Crippen LogP contribution in [0, 0.1) is 17.2 Å². The molecule has 0 fully saturated rings. The van der Waals surface area contributed by atoms with Crippen molar-refractivity contribution in [2.24, 2.45) is 5.92 Å². The molecule has 1 unspecified atom stereocenters. The summed E-state index contributed by atoms with van der Waals surface area (Å²) < 4.78 is 1.59. The summed E-state index contributed by atoms with van der Waals surface area (Å²) in [4.78, 5) is 12.1. The normalized spacial score (nSPS) is 13.2. The highest BCUT2D eigenvalue weighted by atomic mass is 35.5. The van der Waals surface area contributed by atoms with Gasteiger partial charge < -0.3 is 5.32 Å². The van der Waals surface area contributed by atoms with Gasteiger partial charge in [-0.15, -0.1) is 10.2 Å². The first-order valence-corrected chi connectivity index (χ1v) is 11.0. The van der Waals surface area contributed by atoms with E-state index in [1.54, 1.807) is 18.7 Å². The maximum absolute atomic E-state index is 12.1. The average Bonchev–Trinajstić information content (AvgIpc) is 3.07. The van der Waals surface area contributed by atoms with Crippen LogP contribution >= 0.6 is 46.5 Å². The monoisotopic (exact) mass is 426 g/mol. The van der Waals surface area contributed by atoms with Gasteiger partial charge in [0.05, 0.1) is 11.8 Å². The van der Waals surface area contributed by atoms with E-state index in [4.69, 9.17) is 11.6 Å². The van der Waals surface area contributed by atoms with E-state index in [1.165, 1.54) is 23.1 Å². The van der Waals surface area contributed by atoms with Crippen LogP contribution in [0.5, 0.6) is 0 Å². The molecule has 5 nitrogen and oxygen atoms in total. The van der Waals surface area contributed by atoms with Crippen molar-refractivity contribution in [3.8, 4) is 6.07 Å². The molecule has 0 aliphatic carbocycles. The third kappa shape index (κ3) is 6.16. The van der Waals surface area contributed by atoms with Gasteiger partial charge in [0.25, 0.3) is 0 Å². The van der Waals surface area contributed by atoms with E-state index in [0.29, 0.717) is 0 Å². The van der Waals surface area contributed by atoms with Crippen molar-refractivity contribution in [1.29, 1.82) is 5.26 Å². The third-order valence-corrected chi connectivity index (χ3v) is 7.29. The Bertz CT molecular complexity index is 788. The second kappa shape index (κ2) is 9.60. The number of thioether (sulfide) groups is 2. The zero-order valence-electron chi connectivity index (χ0n) is 14.7. The van der Waals surface area contributed by atoms with Gasteiger partial charge in [0.1, 0.15) is 5.54 Å². The van der Waals surface area contributed by atoms with E-state index in [0.717, 1.165) is 25.0 Å². The summed E-state index contributed by atoms with van der Waals surface area (Å²) in [5.74, 6) is 0.837. The number of nitrogens with zero attached hydrogens (tertiary/aromatic N) is 3. The minimum atomic E-state index is -0.863. The standard InChI is InChI=1S/C17H19ClN4OS3/c1-11(2)17(3,10-19)20-14(23)9-25-16-22-21-15(26-16)24-8-12-4-6-13(18)7-5-12/h4-7,11H,8-9H2,1-3H3,(H,20,23). The number of aromatic nitrogens is 2. The topological polar surface area (TPSA) is 78.7 Å². The maximum Gasteiger partial charge on any atom is 0.231 e. The fraction of sp³-hybridized carbons (Fsp3) is 0.412. The number of nitrogens with one attached hydrogen (secondary N) is 1. The average molecular weight is 427 g/mol. The molecule has 1 aromatic heterocycles. The zero-order chi connectivity index (χ0) is 19.2. The van der Waals surface area contributed by atoms with Gasteiger partial charge in [-0.1, -0.05) is 72.4 Å². The predicted octanol–water partition coefficient (Wildman–Crippen LogP) is 4.63. The molecule has 0 spiro atoms. The highest BCUT2D eigenvalue weighted by Gasteiger charge is 2.29. The lowest BCUT2D eigenvalue weighted by Crippen LogP contribution is -2.49. The first kappa shape index (κ1) is 21.0. The zero-order valence-corrected chi connectivity index (χ0v) is 17.9. The van der Waals surface area contributed by atoms with Crippen LogP contribution in [0.25, 0.3) is 0 Å². The molecule has 26 heavy (non-hydrogen) atoms. The van der Waals surface area contributed by atoms with Crippen LogP contribution in [0.4, 0.5) is 0 Å². The molecule has 1 amide bonds. The number of amides is 1. The molecule has 0 aliphatic heterocycles. The number of halogens is 1. The number of hydrogen-bond donors (Lipinski definition) is 1. The first-order valence-electron chi connectivity index (χ1n) is 7.88. The van der Waals surface area contributed by atoms with Crippen LogP contribution in [0.15, 0.2) is 32.9 Å². The second-order valence-electron chi connectivity index (χ2n) is 6.05. The molecular formula is C17H19ClN4OS3. The lowest BCUT2D eigenvalue weighted by molar-refractivity contribution is -0.120. The van der Waals surface area contributed by atoms with Gasteiger partial charge >= 0.3 is 0 Å². The van der Waals surface area contributed by atoms with Crippen molar-refractivity contribution < 1.29 is 4.79 Å². The quantitative estimate of drug-likeness (QED) is 0.620. The number of hydrogen-bond acceptors (Lipinski definition) is 7. The predicted molar refractivity (Wildman–Crippen MR) is 109 cm³/mol. The Balaban J connectivity index is 1.82. The lowest BCUT2D eigenvalue weighted by Gasteiger charge is -2.27. The number of rotatable bonds is 8. The summed E-state index contributed by atoms with van der Waals surface area (Å²) in [6.07, 6.45) is 0. The summed E-state index contributed by atoms with van der Waals surface area (Å²) in [7, 11) is 0. The fourth-order valence-electron chi connectivity index (χ4n) is 1.79. The molecule has 1 N–H and O–H groups in total. The SMILES string of the molecule is CC(C)C(C)(C#N)NC(=O)CSc1nnc(SCc2ccc(Cl)cc2)s1. The number of nitriles is 1. The molecule has 2 rings (SSSR count). The minimum absolute atomic E-state index is 0.0267. The highest BCUT2D eigenvalue weighted by molar-refractivity contribution is 8.03. The van der Waals surface area contributed by atoms with E-state index in [-0.39, 0.29) is 17.6 Å². The van der Waals surface area contributed by atoms with E-state index >= 15 is 0 Å². The molecule has 1 heterocycles. The molecule has 0 saturated carbocycles. The molecule has 0 bridgehead atoms. The van der Waals surface area contributed by atoms with E-state index in [1.807, 2.05) is 38.1 Å². The maximum atomic E-state index is 12.1. The molecule has 138 valence electrons. The molecule has 1 atom stereocenters. The number of carbonyl (C=O) groups excluding carboxylic acids is 1. The van der Waals surface area contributed by atoms with Gasteiger partial charge in [-0.05, 0) is 30.5 Å².